The zero-order chi connectivity index (χ0) is 16.7. The van der Waals surface area contributed by atoms with Crippen LogP contribution in [0.4, 0.5) is 17.6 Å². The first-order valence-corrected chi connectivity index (χ1v) is 6.94. The maximum absolute atomic E-state index is 13.4. The number of hydrogen-bond donors (Lipinski definition) is 1. The molecule has 22 heavy (non-hydrogen) atoms. The molecule has 1 amide bonds. The second-order valence-corrected chi connectivity index (χ2v) is 5.79. The molecule has 1 N–H and O–H groups in total. The zero-order valence-corrected chi connectivity index (χ0v) is 12.5. The molecule has 1 fully saturated rings. The van der Waals surface area contributed by atoms with E-state index in [9.17, 15) is 27.2 Å². The summed E-state index contributed by atoms with van der Waals surface area (Å²) in [6, 6.07) is 3.41. The van der Waals surface area contributed by atoms with E-state index in [2.05, 4.69) is 15.9 Å². The van der Waals surface area contributed by atoms with Crippen molar-refractivity contribution in [2.45, 2.75) is 6.18 Å². The van der Waals surface area contributed by atoms with Crippen molar-refractivity contribution in [1.29, 1.82) is 0 Å². The zero-order valence-electron chi connectivity index (χ0n) is 10.9. The van der Waals surface area contributed by atoms with Crippen molar-refractivity contribution in [3.63, 3.8) is 0 Å². The van der Waals surface area contributed by atoms with Crippen molar-refractivity contribution in [2.24, 2.45) is 11.8 Å². The van der Waals surface area contributed by atoms with Crippen molar-refractivity contribution in [2.75, 3.05) is 13.1 Å². The first-order chi connectivity index (χ1) is 10.1. The molecule has 0 radical (unpaired) electrons. The van der Waals surface area contributed by atoms with Gasteiger partial charge in [0, 0.05) is 18.7 Å². The largest absolute Gasteiger partial charge is 0.481 e. The van der Waals surface area contributed by atoms with Crippen LogP contribution in [0.5, 0.6) is 0 Å². The molecular weight excluding hydrogens is 374 g/mol. The van der Waals surface area contributed by atoms with Gasteiger partial charge in [0.1, 0.15) is 5.82 Å². The molecule has 0 saturated carbocycles. The Balaban J connectivity index is 2.24. The van der Waals surface area contributed by atoms with Crippen molar-refractivity contribution in [3.05, 3.63) is 34.1 Å². The van der Waals surface area contributed by atoms with Gasteiger partial charge in [-0.25, -0.2) is 4.39 Å². The van der Waals surface area contributed by atoms with Gasteiger partial charge in [-0.05, 0) is 34.1 Å². The minimum absolute atomic E-state index is 0.113. The summed E-state index contributed by atoms with van der Waals surface area (Å²) in [5, 5.41) is 8.89. The Labute approximate surface area is 130 Å². The molecule has 4 nitrogen and oxygen atoms in total. The van der Waals surface area contributed by atoms with E-state index in [0.717, 1.165) is 11.0 Å². The van der Waals surface area contributed by atoms with Crippen LogP contribution >= 0.6 is 15.9 Å². The average molecular weight is 384 g/mol. The number of carboxylic acid groups (broad SMARTS) is 1. The molecule has 0 spiro atoms. The summed E-state index contributed by atoms with van der Waals surface area (Å²) in [6.45, 7) is -1.31. The smallest absolute Gasteiger partial charge is 0.394 e. The molecule has 0 unspecified atom stereocenters. The van der Waals surface area contributed by atoms with E-state index in [4.69, 9.17) is 5.11 Å². The number of carbonyl (C=O) groups excluding carboxylic acids is 1. The number of aliphatic carboxylic acids is 1. The number of hydrogen-bond acceptors (Lipinski definition) is 2. The molecule has 1 aliphatic rings. The van der Waals surface area contributed by atoms with Crippen LogP contribution in [-0.4, -0.2) is 41.1 Å². The summed E-state index contributed by atoms with van der Waals surface area (Å²) in [4.78, 5) is 23.9. The van der Waals surface area contributed by atoms with Gasteiger partial charge in [-0.15, -0.1) is 0 Å². The Bertz CT molecular complexity index is 620. The molecular formula is C13H10BrF4NO3. The number of carboxylic acids is 1. The lowest BCUT2D eigenvalue weighted by molar-refractivity contribution is -0.187. The lowest BCUT2D eigenvalue weighted by Gasteiger charge is -2.18. The molecule has 2 atom stereocenters. The number of likely N-dealkylation sites (tertiary alicyclic amines) is 1. The molecule has 0 bridgehead atoms. The third-order valence-corrected chi connectivity index (χ3v) is 4.15. The third-order valence-electron chi connectivity index (χ3n) is 3.51. The fourth-order valence-corrected chi connectivity index (χ4v) is 2.61. The standard InChI is InChI=1S/C13H10BrF4NO3/c14-9-2-1-6(3-10(9)15)11(20)19-4-7(12(21)22)8(5-19)13(16,17)18/h1-3,7-8H,4-5H2,(H,21,22)/t7-,8-/m1/s1. The fourth-order valence-electron chi connectivity index (χ4n) is 2.36. The SMILES string of the molecule is O=C(O)[C@@H]1CN(C(=O)c2ccc(Br)c(F)c2)C[C@H]1C(F)(F)F. The van der Waals surface area contributed by atoms with Gasteiger partial charge in [-0.3, -0.25) is 9.59 Å². The average Bonchev–Trinajstić information content (AvgIpc) is 2.86. The van der Waals surface area contributed by atoms with Crippen LogP contribution < -0.4 is 0 Å². The third kappa shape index (κ3) is 3.23. The molecule has 1 saturated heterocycles. The van der Waals surface area contributed by atoms with Gasteiger partial charge >= 0.3 is 12.1 Å². The Morgan fingerprint density at radius 2 is 1.91 bits per heavy atom. The van der Waals surface area contributed by atoms with Crippen LogP contribution in [0.15, 0.2) is 22.7 Å². The molecule has 0 aliphatic carbocycles. The number of halogens is 5. The second kappa shape index (κ2) is 5.86. The molecule has 2 rings (SSSR count). The normalized spacial score (nSPS) is 22.0. The minimum atomic E-state index is -4.72. The summed E-state index contributed by atoms with van der Waals surface area (Å²) in [6.07, 6.45) is -4.72. The molecule has 9 heteroatoms. The number of benzene rings is 1. The van der Waals surface area contributed by atoms with Gasteiger partial charge in [0.15, 0.2) is 0 Å². The first kappa shape index (κ1) is 16.7. The Morgan fingerprint density at radius 1 is 1.27 bits per heavy atom. The topological polar surface area (TPSA) is 57.6 Å². The minimum Gasteiger partial charge on any atom is -0.481 e. The van der Waals surface area contributed by atoms with Gasteiger partial charge < -0.3 is 10.0 Å². The number of rotatable bonds is 2. The Hall–Kier alpha value is -1.64. The van der Waals surface area contributed by atoms with Crippen LogP contribution in [0.3, 0.4) is 0 Å². The quantitative estimate of drug-likeness (QED) is 0.798. The van der Waals surface area contributed by atoms with E-state index in [-0.39, 0.29) is 10.0 Å². The van der Waals surface area contributed by atoms with Gasteiger partial charge in [-0.1, -0.05) is 0 Å². The van der Waals surface area contributed by atoms with E-state index in [0.29, 0.717) is 0 Å². The molecule has 0 aromatic heterocycles. The maximum atomic E-state index is 13.4. The Kier molecular flexibility index (Phi) is 4.46. The van der Waals surface area contributed by atoms with Gasteiger partial charge in [0.05, 0.1) is 16.3 Å². The van der Waals surface area contributed by atoms with Crippen LogP contribution in [-0.2, 0) is 4.79 Å². The van der Waals surface area contributed by atoms with Crippen molar-refractivity contribution in [3.8, 4) is 0 Å². The number of alkyl halides is 3. The highest BCUT2D eigenvalue weighted by Crippen LogP contribution is 2.38. The van der Waals surface area contributed by atoms with E-state index in [1.54, 1.807) is 0 Å². The lowest BCUT2D eigenvalue weighted by atomic mass is 9.96. The highest BCUT2D eigenvalue weighted by atomic mass is 79.9. The summed E-state index contributed by atoms with van der Waals surface area (Å²) in [5.74, 6) is -7.02. The van der Waals surface area contributed by atoms with Crippen LogP contribution in [0, 0.1) is 17.7 Å². The van der Waals surface area contributed by atoms with Crippen LogP contribution in [0.1, 0.15) is 10.4 Å². The monoisotopic (exact) mass is 383 g/mol. The lowest BCUT2D eigenvalue weighted by Crippen LogP contribution is -2.34. The summed E-state index contributed by atoms with van der Waals surface area (Å²) >= 11 is 2.90. The predicted molar refractivity (Wildman–Crippen MR) is 70.7 cm³/mol. The summed E-state index contributed by atoms with van der Waals surface area (Å²) in [5.41, 5.74) is -0.132. The highest BCUT2D eigenvalue weighted by molar-refractivity contribution is 9.10. The predicted octanol–water partition coefficient (Wildman–Crippen LogP) is 2.92. The van der Waals surface area contributed by atoms with Crippen molar-refractivity contribution in [1.82, 2.24) is 4.90 Å². The van der Waals surface area contributed by atoms with E-state index in [1.165, 1.54) is 12.1 Å². The van der Waals surface area contributed by atoms with Crippen molar-refractivity contribution >= 4 is 27.8 Å². The highest BCUT2D eigenvalue weighted by Gasteiger charge is 2.53. The Morgan fingerprint density at radius 3 is 2.36 bits per heavy atom. The molecule has 1 aromatic carbocycles. The fraction of sp³-hybridized carbons (Fsp3) is 0.385. The van der Waals surface area contributed by atoms with Gasteiger partial charge in [0.2, 0.25) is 0 Å². The van der Waals surface area contributed by atoms with E-state index in [1.807, 2.05) is 0 Å². The first-order valence-electron chi connectivity index (χ1n) is 6.15. The molecule has 1 aliphatic heterocycles. The van der Waals surface area contributed by atoms with Gasteiger partial charge in [0.25, 0.3) is 5.91 Å². The summed E-state index contributed by atoms with van der Waals surface area (Å²) < 4.78 is 52.1. The molecule has 120 valence electrons. The number of nitrogens with zero attached hydrogens (tertiary/aromatic N) is 1. The number of amides is 1. The van der Waals surface area contributed by atoms with Crippen LogP contribution in [0.2, 0.25) is 0 Å². The summed E-state index contributed by atoms with van der Waals surface area (Å²) in [7, 11) is 0. The van der Waals surface area contributed by atoms with E-state index >= 15 is 0 Å². The number of carbonyl (C=O) groups is 2. The van der Waals surface area contributed by atoms with Crippen LogP contribution in [0.25, 0.3) is 0 Å². The molecule has 1 aromatic rings. The van der Waals surface area contributed by atoms with E-state index < -0.39 is 48.8 Å². The molecule has 1 heterocycles. The van der Waals surface area contributed by atoms with Gasteiger partial charge in [-0.2, -0.15) is 13.2 Å². The van der Waals surface area contributed by atoms with Crippen molar-refractivity contribution < 1.29 is 32.3 Å². The maximum Gasteiger partial charge on any atom is 0.394 e. The second-order valence-electron chi connectivity index (χ2n) is 4.93.